The van der Waals surface area contributed by atoms with Gasteiger partial charge in [0.05, 0.1) is 4.47 Å². The molecule has 0 amide bonds. The summed E-state index contributed by atoms with van der Waals surface area (Å²) in [5.74, 6) is -0.210. The smallest absolute Gasteiger partial charge is 0.137 e. The third kappa shape index (κ3) is 3.02. The van der Waals surface area contributed by atoms with Gasteiger partial charge in [0.2, 0.25) is 0 Å². The Kier molecular flexibility index (Phi) is 4.64. The van der Waals surface area contributed by atoms with E-state index in [9.17, 15) is 4.39 Å². The van der Waals surface area contributed by atoms with Gasteiger partial charge in [0.1, 0.15) is 5.82 Å². The van der Waals surface area contributed by atoms with Crippen molar-refractivity contribution in [3.05, 3.63) is 34.1 Å². The number of fused-ring (bicyclic) bond motifs is 1. The van der Waals surface area contributed by atoms with Crippen molar-refractivity contribution in [1.29, 1.82) is 0 Å². The van der Waals surface area contributed by atoms with Gasteiger partial charge in [0.15, 0.2) is 0 Å². The molecule has 3 unspecified atom stereocenters. The molecule has 2 aliphatic heterocycles. The first kappa shape index (κ1) is 15.4. The first-order chi connectivity index (χ1) is 10.1. The number of benzene rings is 1. The minimum absolute atomic E-state index is 0.102. The van der Waals surface area contributed by atoms with Crippen molar-refractivity contribution in [2.45, 2.75) is 37.9 Å². The summed E-state index contributed by atoms with van der Waals surface area (Å²) in [4.78, 5) is 5.06. The molecule has 0 spiro atoms. The van der Waals surface area contributed by atoms with Gasteiger partial charge >= 0.3 is 0 Å². The number of hydrogen-bond donors (Lipinski definition) is 1. The van der Waals surface area contributed by atoms with E-state index in [4.69, 9.17) is 5.73 Å². The monoisotopic (exact) mass is 355 g/mol. The Morgan fingerprint density at radius 1 is 1.43 bits per heavy atom. The van der Waals surface area contributed by atoms with Crippen molar-refractivity contribution in [3.63, 3.8) is 0 Å². The summed E-state index contributed by atoms with van der Waals surface area (Å²) in [6, 6.07) is 6.60. The predicted octanol–water partition coefficient (Wildman–Crippen LogP) is 2.76. The van der Waals surface area contributed by atoms with Crippen LogP contribution in [0, 0.1) is 5.82 Å². The lowest BCUT2D eigenvalue weighted by Gasteiger charge is -2.46. The summed E-state index contributed by atoms with van der Waals surface area (Å²) in [5.41, 5.74) is 7.02. The van der Waals surface area contributed by atoms with Crippen LogP contribution in [0.2, 0.25) is 0 Å². The Hall–Kier alpha value is -0.490. The van der Waals surface area contributed by atoms with Crippen molar-refractivity contribution in [2.24, 2.45) is 5.73 Å². The molecule has 0 bridgehead atoms. The molecule has 0 radical (unpaired) electrons. The molecule has 1 aromatic rings. The minimum Gasteiger partial charge on any atom is -0.329 e. The molecule has 0 aromatic heterocycles. The Labute approximate surface area is 134 Å². The van der Waals surface area contributed by atoms with E-state index in [2.05, 4.69) is 32.7 Å². The SMILES string of the molecule is CC1CN2CCCC2CN1C(CN)c1ccc(Br)c(F)c1. The molecule has 5 heteroatoms. The third-order valence-electron chi connectivity index (χ3n) is 4.94. The van der Waals surface area contributed by atoms with Crippen LogP contribution < -0.4 is 5.73 Å². The normalized spacial score (nSPS) is 28.6. The average molecular weight is 356 g/mol. The number of hydrogen-bond acceptors (Lipinski definition) is 3. The van der Waals surface area contributed by atoms with Crippen LogP contribution in [-0.2, 0) is 0 Å². The molecule has 3 rings (SSSR count). The van der Waals surface area contributed by atoms with Crippen LogP contribution in [0.1, 0.15) is 31.4 Å². The molecule has 0 saturated carbocycles. The summed E-state index contributed by atoms with van der Waals surface area (Å²) in [6.45, 7) is 6.15. The number of nitrogens with zero attached hydrogens (tertiary/aromatic N) is 2. The van der Waals surface area contributed by atoms with Gasteiger partial charge in [0.25, 0.3) is 0 Å². The molecular weight excluding hydrogens is 333 g/mol. The van der Waals surface area contributed by atoms with Gasteiger partial charge in [-0.3, -0.25) is 9.80 Å². The Morgan fingerprint density at radius 3 is 2.95 bits per heavy atom. The van der Waals surface area contributed by atoms with Gasteiger partial charge < -0.3 is 5.73 Å². The van der Waals surface area contributed by atoms with E-state index in [0.29, 0.717) is 23.1 Å². The summed E-state index contributed by atoms with van der Waals surface area (Å²) in [5, 5.41) is 0. The van der Waals surface area contributed by atoms with Crippen LogP contribution in [0.15, 0.2) is 22.7 Å². The van der Waals surface area contributed by atoms with Crippen LogP contribution >= 0.6 is 15.9 Å². The van der Waals surface area contributed by atoms with Gasteiger partial charge in [-0.05, 0) is 59.9 Å². The minimum atomic E-state index is -0.210. The van der Waals surface area contributed by atoms with Crippen LogP contribution in [0.5, 0.6) is 0 Å². The van der Waals surface area contributed by atoms with Gasteiger partial charge in [-0.15, -0.1) is 0 Å². The van der Waals surface area contributed by atoms with Crippen molar-refractivity contribution >= 4 is 15.9 Å². The Morgan fingerprint density at radius 2 is 2.24 bits per heavy atom. The van der Waals surface area contributed by atoms with Crippen LogP contribution in [0.25, 0.3) is 0 Å². The molecular formula is C16H23BrFN3. The molecule has 3 nitrogen and oxygen atoms in total. The number of rotatable bonds is 3. The van der Waals surface area contributed by atoms with E-state index in [1.165, 1.54) is 19.4 Å². The fourth-order valence-electron chi connectivity index (χ4n) is 3.83. The lowest BCUT2D eigenvalue weighted by Crippen LogP contribution is -2.56. The van der Waals surface area contributed by atoms with Crippen molar-refractivity contribution < 1.29 is 4.39 Å². The molecule has 2 aliphatic rings. The molecule has 3 atom stereocenters. The summed E-state index contributed by atoms with van der Waals surface area (Å²) >= 11 is 3.22. The maximum Gasteiger partial charge on any atom is 0.137 e. The maximum atomic E-state index is 13.8. The standard InChI is InChI=1S/C16H23BrFN3/c1-11-9-20-6-2-3-13(20)10-21(11)16(8-19)12-4-5-14(17)15(18)7-12/h4-5,7,11,13,16H,2-3,6,8-10,19H2,1H3. The summed E-state index contributed by atoms with van der Waals surface area (Å²) < 4.78 is 14.4. The summed E-state index contributed by atoms with van der Waals surface area (Å²) in [7, 11) is 0. The van der Waals surface area contributed by atoms with Gasteiger partial charge in [-0.25, -0.2) is 4.39 Å². The molecule has 2 heterocycles. The zero-order chi connectivity index (χ0) is 15.0. The highest BCUT2D eigenvalue weighted by Gasteiger charge is 2.37. The number of nitrogens with two attached hydrogens (primary N) is 1. The largest absolute Gasteiger partial charge is 0.329 e. The Bertz CT molecular complexity index is 510. The number of halogens is 2. The van der Waals surface area contributed by atoms with Crippen molar-refractivity contribution in [2.75, 3.05) is 26.2 Å². The highest BCUT2D eigenvalue weighted by atomic mass is 79.9. The Balaban J connectivity index is 1.83. The fraction of sp³-hybridized carbons (Fsp3) is 0.625. The van der Waals surface area contributed by atoms with Gasteiger partial charge in [0, 0.05) is 37.8 Å². The van der Waals surface area contributed by atoms with E-state index in [1.54, 1.807) is 12.1 Å². The van der Waals surface area contributed by atoms with Crippen LogP contribution in [0.3, 0.4) is 0 Å². The molecule has 21 heavy (non-hydrogen) atoms. The maximum absolute atomic E-state index is 13.8. The topological polar surface area (TPSA) is 32.5 Å². The first-order valence-corrected chi connectivity index (χ1v) is 8.54. The van der Waals surface area contributed by atoms with Crippen molar-refractivity contribution in [3.8, 4) is 0 Å². The molecule has 0 aliphatic carbocycles. The first-order valence-electron chi connectivity index (χ1n) is 7.75. The quantitative estimate of drug-likeness (QED) is 0.904. The number of piperazine rings is 1. The summed E-state index contributed by atoms with van der Waals surface area (Å²) in [6.07, 6.45) is 2.57. The molecule has 2 N–H and O–H groups in total. The second-order valence-corrected chi connectivity index (χ2v) is 7.12. The van der Waals surface area contributed by atoms with Crippen LogP contribution in [-0.4, -0.2) is 48.1 Å². The molecule has 2 fully saturated rings. The van der Waals surface area contributed by atoms with E-state index >= 15 is 0 Å². The van der Waals surface area contributed by atoms with Gasteiger partial charge in [-0.2, -0.15) is 0 Å². The zero-order valence-electron chi connectivity index (χ0n) is 12.4. The average Bonchev–Trinajstić information content (AvgIpc) is 2.90. The lowest BCUT2D eigenvalue weighted by molar-refractivity contribution is 0.0295. The molecule has 116 valence electrons. The van der Waals surface area contributed by atoms with Crippen molar-refractivity contribution in [1.82, 2.24) is 9.80 Å². The lowest BCUT2D eigenvalue weighted by atomic mass is 9.99. The second kappa shape index (κ2) is 6.32. The zero-order valence-corrected chi connectivity index (χ0v) is 14.0. The van der Waals surface area contributed by atoms with E-state index in [1.807, 2.05) is 6.07 Å². The van der Waals surface area contributed by atoms with Crippen LogP contribution in [0.4, 0.5) is 4.39 Å². The third-order valence-corrected chi connectivity index (χ3v) is 5.58. The molecule has 2 saturated heterocycles. The van der Waals surface area contributed by atoms with Gasteiger partial charge in [-0.1, -0.05) is 6.07 Å². The van der Waals surface area contributed by atoms with E-state index in [0.717, 1.165) is 18.7 Å². The van der Waals surface area contributed by atoms with E-state index < -0.39 is 0 Å². The highest BCUT2D eigenvalue weighted by molar-refractivity contribution is 9.10. The van der Waals surface area contributed by atoms with E-state index in [-0.39, 0.29) is 11.9 Å². The predicted molar refractivity (Wildman–Crippen MR) is 86.7 cm³/mol. The highest BCUT2D eigenvalue weighted by Crippen LogP contribution is 2.31. The molecule has 1 aromatic carbocycles. The second-order valence-electron chi connectivity index (χ2n) is 6.26. The fourth-order valence-corrected chi connectivity index (χ4v) is 4.07.